The van der Waals surface area contributed by atoms with Gasteiger partial charge in [-0.15, -0.1) is 0 Å². The monoisotopic (exact) mass is 657 g/mol. The first-order valence-corrected chi connectivity index (χ1v) is 9.91. The van der Waals surface area contributed by atoms with E-state index in [9.17, 15) is 22.0 Å². The van der Waals surface area contributed by atoms with E-state index in [-0.39, 0.29) is 0 Å². The lowest BCUT2D eigenvalue weighted by Crippen LogP contribution is -2.34. The Bertz CT molecular complexity index is 667. The molecule has 0 fully saturated rings. The molecule has 0 radical (unpaired) electrons. The van der Waals surface area contributed by atoms with Crippen molar-refractivity contribution in [2.24, 2.45) is 0 Å². The predicted molar refractivity (Wildman–Crippen MR) is 98.0 cm³/mol. The molecule has 2 N–H and O–H groups in total. The van der Waals surface area contributed by atoms with Crippen molar-refractivity contribution in [2.45, 2.75) is 11.7 Å². The summed E-state index contributed by atoms with van der Waals surface area (Å²) < 4.78 is 57.5. The van der Waals surface area contributed by atoms with Crippen LogP contribution in [-0.4, -0.2) is 30.7 Å². The van der Waals surface area contributed by atoms with Crippen LogP contribution in [0.25, 0.3) is 0 Å². The number of carbonyl (C=O) groups excluding carboxylic acids is 1. The van der Waals surface area contributed by atoms with E-state index in [1.807, 2.05) is 73.8 Å². The highest BCUT2D eigenvalue weighted by atomic mass is 127. The number of rotatable bonds is 5. The van der Waals surface area contributed by atoms with Crippen LogP contribution in [0.3, 0.4) is 0 Å². The van der Waals surface area contributed by atoms with Gasteiger partial charge in [0.15, 0.2) is 0 Å². The molecule has 1 aromatic rings. The fourth-order valence-electron chi connectivity index (χ4n) is 1.27. The number of alkyl halides is 2. The number of halogens is 5. The third-order valence-electron chi connectivity index (χ3n) is 2.32. The Kier molecular flexibility index (Phi) is 7.02. The van der Waals surface area contributed by atoms with E-state index >= 15 is 0 Å². The van der Waals surface area contributed by atoms with E-state index < -0.39 is 34.2 Å². The van der Waals surface area contributed by atoms with Crippen LogP contribution in [0.5, 0.6) is 0 Å². The van der Waals surface area contributed by atoms with Gasteiger partial charge in [0.05, 0.1) is 5.56 Å². The molecule has 0 bridgehead atoms. The summed E-state index contributed by atoms with van der Waals surface area (Å²) in [5, 5.41) is -2.07. The molecule has 5 nitrogen and oxygen atoms in total. The summed E-state index contributed by atoms with van der Waals surface area (Å²) in [4.78, 5) is 11.9. The number of nitrogens with one attached hydrogen (secondary N) is 1. The molecule has 0 atom stereocenters. The largest absolute Gasteiger partial charge is 0.371 e. The van der Waals surface area contributed by atoms with Gasteiger partial charge in [-0.05, 0) is 79.9 Å². The lowest BCUT2D eigenvalue weighted by molar-refractivity contribution is 0.0693. The molecule has 1 aromatic carbocycles. The van der Waals surface area contributed by atoms with E-state index in [1.54, 1.807) is 6.07 Å². The van der Waals surface area contributed by atoms with E-state index in [1.165, 1.54) is 0 Å². The van der Waals surface area contributed by atoms with Gasteiger partial charge in [0.2, 0.25) is 0 Å². The third-order valence-corrected chi connectivity index (χ3v) is 6.94. The molecule has 118 valence electrons. The number of hydrogen-bond acceptors (Lipinski definition) is 3. The van der Waals surface area contributed by atoms with Crippen molar-refractivity contribution in [1.82, 2.24) is 5.32 Å². The maximum absolute atomic E-state index is 13.0. The summed E-state index contributed by atoms with van der Waals surface area (Å²) in [5.74, 6) is -0.582. The number of carbonyl (C=O) groups is 1. The summed E-state index contributed by atoms with van der Waals surface area (Å²) >= 11 is 6.03. The molecule has 21 heavy (non-hydrogen) atoms. The van der Waals surface area contributed by atoms with Gasteiger partial charge in [-0.1, -0.05) is 0 Å². The topological polar surface area (TPSA) is 83.5 Å². The molecule has 0 saturated heterocycles. The van der Waals surface area contributed by atoms with Crippen molar-refractivity contribution >= 4 is 83.8 Å². The first kappa shape index (κ1) is 19.7. The Labute approximate surface area is 160 Å². The molecule has 0 aliphatic heterocycles. The van der Waals surface area contributed by atoms with Crippen LogP contribution in [0.4, 0.5) is 8.78 Å². The Balaban J connectivity index is 2.77. The summed E-state index contributed by atoms with van der Waals surface area (Å²) in [5.41, 5.74) is 0.321. The molecule has 0 saturated carbocycles. The summed E-state index contributed by atoms with van der Waals surface area (Å²) in [7, 11) is -5.48. The average Bonchev–Trinajstić information content (AvgIpc) is 2.31. The molecule has 11 heteroatoms. The van der Waals surface area contributed by atoms with E-state index in [2.05, 4.69) is 5.32 Å². The van der Waals surface area contributed by atoms with Crippen molar-refractivity contribution in [2.75, 3.05) is 6.54 Å². The van der Waals surface area contributed by atoms with Gasteiger partial charge < -0.3 is 5.32 Å². The SMILES string of the molecule is O=C(NCCC(F)(F)S(=O)(=O)O)c1cc(I)cc(I)c1I. The smallest absolute Gasteiger partial charge is 0.352 e. The first-order valence-electron chi connectivity index (χ1n) is 5.23. The normalized spacial score (nSPS) is 12.3. The van der Waals surface area contributed by atoms with Gasteiger partial charge >= 0.3 is 15.4 Å². The zero-order valence-electron chi connectivity index (χ0n) is 10.0. The highest BCUT2D eigenvalue weighted by Gasteiger charge is 2.43. The molecular weight excluding hydrogens is 649 g/mol. The third kappa shape index (κ3) is 5.35. The lowest BCUT2D eigenvalue weighted by atomic mass is 10.2. The molecular formula is C10H8F2I3NO4S. The van der Waals surface area contributed by atoms with Crippen LogP contribution >= 0.6 is 67.8 Å². The Morgan fingerprint density at radius 1 is 1.29 bits per heavy atom. The highest BCUT2D eigenvalue weighted by molar-refractivity contribution is 14.1. The van der Waals surface area contributed by atoms with Gasteiger partial charge in [0, 0.05) is 23.7 Å². The fraction of sp³-hybridized carbons (Fsp3) is 0.300. The second-order valence-corrected chi connectivity index (χ2v) is 8.90. The predicted octanol–water partition coefficient (Wildman–Crippen LogP) is 3.10. The molecule has 1 rings (SSSR count). The van der Waals surface area contributed by atoms with Gasteiger partial charge in [-0.2, -0.15) is 17.2 Å². The first-order chi connectivity index (χ1) is 9.45. The Morgan fingerprint density at radius 2 is 1.86 bits per heavy atom. The van der Waals surface area contributed by atoms with Crippen LogP contribution in [0, 0.1) is 10.7 Å². The van der Waals surface area contributed by atoms with E-state index in [0.717, 1.165) is 7.14 Å². The van der Waals surface area contributed by atoms with Crippen molar-refractivity contribution < 1.29 is 26.5 Å². The standard InChI is InChI=1S/C10H8F2I3NO4S/c11-10(12,21(18,19)20)1-2-16-9(17)6-3-5(13)4-7(14)8(6)15/h3-4H,1-2H2,(H,16,17)(H,18,19,20). The quantitative estimate of drug-likeness (QED) is 0.290. The summed E-state index contributed by atoms with van der Waals surface area (Å²) in [6.07, 6.45) is -1.20. The number of amides is 1. The second-order valence-electron chi connectivity index (χ2n) is 3.87. The molecule has 1 amide bonds. The minimum absolute atomic E-state index is 0.321. The molecule has 0 aliphatic carbocycles. The minimum Gasteiger partial charge on any atom is -0.352 e. The highest BCUT2D eigenvalue weighted by Crippen LogP contribution is 2.25. The van der Waals surface area contributed by atoms with Gasteiger partial charge in [-0.3, -0.25) is 9.35 Å². The molecule has 0 spiro atoms. The molecule has 0 aromatic heterocycles. The van der Waals surface area contributed by atoms with Crippen LogP contribution in [0.1, 0.15) is 16.8 Å². The summed E-state index contributed by atoms with van der Waals surface area (Å²) in [6.45, 7) is -0.580. The molecule has 0 unspecified atom stereocenters. The molecule has 0 heterocycles. The average molecular weight is 657 g/mol. The number of benzene rings is 1. The van der Waals surface area contributed by atoms with Crippen molar-refractivity contribution in [3.8, 4) is 0 Å². The van der Waals surface area contributed by atoms with Crippen molar-refractivity contribution in [3.05, 3.63) is 28.4 Å². The van der Waals surface area contributed by atoms with Crippen LogP contribution < -0.4 is 5.32 Å². The zero-order chi connectivity index (χ0) is 16.4. The minimum atomic E-state index is -5.48. The van der Waals surface area contributed by atoms with Crippen molar-refractivity contribution in [1.29, 1.82) is 0 Å². The van der Waals surface area contributed by atoms with Gasteiger partial charge in [0.25, 0.3) is 5.91 Å². The maximum Gasteiger partial charge on any atom is 0.371 e. The van der Waals surface area contributed by atoms with Crippen molar-refractivity contribution in [3.63, 3.8) is 0 Å². The van der Waals surface area contributed by atoms with Gasteiger partial charge in [0.1, 0.15) is 0 Å². The van der Waals surface area contributed by atoms with Crippen LogP contribution in [0.15, 0.2) is 12.1 Å². The Morgan fingerprint density at radius 3 is 2.38 bits per heavy atom. The number of hydrogen-bond donors (Lipinski definition) is 2. The second kappa shape index (κ2) is 7.48. The lowest BCUT2D eigenvalue weighted by Gasteiger charge is -2.13. The van der Waals surface area contributed by atoms with Gasteiger partial charge in [-0.25, -0.2) is 0 Å². The molecule has 0 aliphatic rings. The van der Waals surface area contributed by atoms with Crippen LogP contribution in [-0.2, 0) is 10.1 Å². The van der Waals surface area contributed by atoms with Crippen LogP contribution in [0.2, 0.25) is 0 Å². The maximum atomic E-state index is 13.0. The zero-order valence-corrected chi connectivity index (χ0v) is 17.3. The fourth-order valence-corrected chi connectivity index (χ4v) is 4.03. The summed E-state index contributed by atoms with van der Waals surface area (Å²) in [6, 6.07) is 3.45. The van der Waals surface area contributed by atoms with E-state index in [4.69, 9.17) is 4.55 Å². The van der Waals surface area contributed by atoms with E-state index in [0.29, 0.717) is 9.13 Å². The Hall–Kier alpha value is 0.650.